The maximum absolute atomic E-state index is 9.46. The number of hydrogen-bond acceptors (Lipinski definition) is 6. The molecule has 4 N–H and O–H groups in total. The van der Waals surface area contributed by atoms with Gasteiger partial charge in [-0.3, -0.25) is 0 Å². The molecule has 0 bridgehead atoms. The first kappa shape index (κ1) is 15.7. The lowest BCUT2D eigenvalue weighted by atomic mass is 9.95. The van der Waals surface area contributed by atoms with Crippen LogP contribution in [0.3, 0.4) is 0 Å². The monoisotopic (exact) mass is 267 g/mol. The molecule has 0 unspecified atom stereocenters. The van der Waals surface area contributed by atoms with Crippen molar-refractivity contribution in [1.29, 1.82) is 0 Å². The van der Waals surface area contributed by atoms with Gasteiger partial charge in [-0.2, -0.15) is 0 Å². The van der Waals surface area contributed by atoms with E-state index < -0.39 is 5.54 Å². The molecule has 0 saturated heterocycles. The summed E-state index contributed by atoms with van der Waals surface area (Å²) in [4.78, 5) is 10.9. The Balaban J connectivity index is 3.28. The molecule has 6 heteroatoms. The third kappa shape index (κ3) is 3.54. The normalized spacial score (nSPS) is 12.4. The molecule has 19 heavy (non-hydrogen) atoms. The number of aliphatic hydroxyl groups is 1. The van der Waals surface area contributed by atoms with Crippen LogP contribution in [0, 0.1) is 0 Å². The zero-order valence-corrected chi connectivity index (χ0v) is 12.7. The lowest BCUT2D eigenvalue weighted by Crippen LogP contribution is -2.45. The van der Waals surface area contributed by atoms with Crippen molar-refractivity contribution in [2.45, 2.75) is 45.6 Å². The van der Waals surface area contributed by atoms with Crippen molar-refractivity contribution in [2.75, 3.05) is 24.0 Å². The van der Waals surface area contributed by atoms with Crippen molar-refractivity contribution in [2.24, 2.45) is 5.84 Å². The standard InChI is InChI=1S/C13H25N5O/c1-12(2,3)11-15-9(17-14)7-10(16-11)18(6)13(4,5)8-19/h7,19H,8,14H2,1-6H3,(H,15,16,17). The molecule has 1 aromatic rings. The fourth-order valence-electron chi connectivity index (χ4n) is 1.43. The van der Waals surface area contributed by atoms with E-state index in [1.54, 1.807) is 6.07 Å². The van der Waals surface area contributed by atoms with Crippen molar-refractivity contribution in [1.82, 2.24) is 9.97 Å². The van der Waals surface area contributed by atoms with E-state index in [0.717, 1.165) is 5.82 Å². The summed E-state index contributed by atoms with van der Waals surface area (Å²) in [7, 11) is 1.89. The lowest BCUT2D eigenvalue weighted by molar-refractivity contribution is 0.215. The average Bonchev–Trinajstić information content (AvgIpc) is 2.36. The molecule has 0 saturated carbocycles. The van der Waals surface area contributed by atoms with Crippen molar-refractivity contribution in [3.05, 3.63) is 11.9 Å². The highest BCUT2D eigenvalue weighted by Crippen LogP contribution is 2.26. The van der Waals surface area contributed by atoms with Gasteiger partial charge in [0.1, 0.15) is 17.5 Å². The number of aliphatic hydroxyl groups excluding tert-OH is 1. The predicted octanol–water partition coefficient (Wildman–Crippen LogP) is 1.27. The number of rotatable bonds is 4. The van der Waals surface area contributed by atoms with Crippen molar-refractivity contribution >= 4 is 11.6 Å². The zero-order valence-electron chi connectivity index (χ0n) is 12.7. The Hall–Kier alpha value is -1.40. The molecule has 1 rings (SSSR count). The minimum Gasteiger partial charge on any atom is -0.394 e. The summed E-state index contributed by atoms with van der Waals surface area (Å²) >= 11 is 0. The number of aromatic nitrogens is 2. The topological polar surface area (TPSA) is 87.3 Å². The van der Waals surface area contributed by atoms with E-state index >= 15 is 0 Å². The summed E-state index contributed by atoms with van der Waals surface area (Å²) in [6.07, 6.45) is 0. The second-order valence-electron chi connectivity index (χ2n) is 6.36. The molecule has 0 atom stereocenters. The third-order valence-corrected chi connectivity index (χ3v) is 3.17. The number of nitrogen functional groups attached to an aromatic ring is 1. The third-order valence-electron chi connectivity index (χ3n) is 3.17. The van der Waals surface area contributed by atoms with Gasteiger partial charge in [0, 0.05) is 18.5 Å². The molecule has 1 aromatic heterocycles. The van der Waals surface area contributed by atoms with Crippen LogP contribution in [0.25, 0.3) is 0 Å². The molecule has 108 valence electrons. The van der Waals surface area contributed by atoms with Crippen LogP contribution < -0.4 is 16.2 Å². The van der Waals surface area contributed by atoms with Crippen LogP contribution in [0.4, 0.5) is 11.6 Å². The first-order valence-electron chi connectivity index (χ1n) is 6.32. The first-order valence-corrected chi connectivity index (χ1v) is 6.32. The highest BCUT2D eigenvalue weighted by molar-refractivity contribution is 5.50. The molecule has 1 heterocycles. The number of nitrogens with zero attached hydrogens (tertiary/aromatic N) is 3. The minimum atomic E-state index is -0.407. The molecule has 0 amide bonds. The summed E-state index contributed by atoms with van der Waals surface area (Å²) < 4.78 is 0. The molecule has 0 aliphatic carbocycles. The fourth-order valence-corrected chi connectivity index (χ4v) is 1.43. The van der Waals surface area contributed by atoms with E-state index in [2.05, 4.69) is 15.4 Å². The number of hydrazine groups is 1. The summed E-state index contributed by atoms with van der Waals surface area (Å²) in [5.41, 5.74) is 1.98. The maximum Gasteiger partial charge on any atom is 0.145 e. The van der Waals surface area contributed by atoms with Crippen LogP contribution in [0.5, 0.6) is 0 Å². The summed E-state index contributed by atoms with van der Waals surface area (Å²) in [6, 6.07) is 1.77. The van der Waals surface area contributed by atoms with E-state index in [1.807, 2.05) is 46.6 Å². The van der Waals surface area contributed by atoms with E-state index in [-0.39, 0.29) is 12.0 Å². The van der Waals surface area contributed by atoms with Gasteiger partial charge in [0.25, 0.3) is 0 Å². The molecular formula is C13H25N5O. The smallest absolute Gasteiger partial charge is 0.145 e. The number of likely N-dealkylation sites (N-methyl/N-ethyl adjacent to an activating group) is 1. The van der Waals surface area contributed by atoms with Crippen LogP contribution in [0.15, 0.2) is 6.07 Å². The molecule has 0 aromatic carbocycles. The van der Waals surface area contributed by atoms with Crippen molar-refractivity contribution < 1.29 is 5.11 Å². The molecule has 6 nitrogen and oxygen atoms in total. The largest absolute Gasteiger partial charge is 0.394 e. The Morgan fingerprint density at radius 2 is 1.84 bits per heavy atom. The van der Waals surface area contributed by atoms with Crippen molar-refractivity contribution in [3.63, 3.8) is 0 Å². The van der Waals surface area contributed by atoms with Gasteiger partial charge < -0.3 is 15.4 Å². The van der Waals surface area contributed by atoms with Gasteiger partial charge in [-0.25, -0.2) is 15.8 Å². The molecule has 0 aliphatic heterocycles. The Morgan fingerprint density at radius 3 is 2.26 bits per heavy atom. The summed E-state index contributed by atoms with van der Waals surface area (Å²) in [5.74, 6) is 7.47. The summed E-state index contributed by atoms with van der Waals surface area (Å²) in [6.45, 7) is 10.1. The van der Waals surface area contributed by atoms with Gasteiger partial charge in [-0.05, 0) is 13.8 Å². The lowest BCUT2D eigenvalue weighted by Gasteiger charge is -2.35. The number of hydrogen-bond donors (Lipinski definition) is 3. The van der Waals surface area contributed by atoms with Crippen LogP contribution in [-0.4, -0.2) is 34.3 Å². The second-order valence-corrected chi connectivity index (χ2v) is 6.36. The highest BCUT2D eigenvalue weighted by Gasteiger charge is 2.26. The van der Waals surface area contributed by atoms with E-state index in [4.69, 9.17) is 5.84 Å². The maximum atomic E-state index is 9.46. The van der Waals surface area contributed by atoms with Crippen LogP contribution in [0.1, 0.15) is 40.4 Å². The second kappa shape index (κ2) is 5.30. The van der Waals surface area contributed by atoms with E-state index in [1.165, 1.54) is 0 Å². The van der Waals surface area contributed by atoms with E-state index in [9.17, 15) is 5.11 Å². The van der Waals surface area contributed by atoms with Gasteiger partial charge in [0.05, 0.1) is 12.1 Å². The number of anilines is 2. The van der Waals surface area contributed by atoms with Gasteiger partial charge in [-0.1, -0.05) is 20.8 Å². The summed E-state index contributed by atoms with van der Waals surface area (Å²) in [5, 5.41) is 9.46. The predicted molar refractivity (Wildman–Crippen MR) is 78.1 cm³/mol. The molecule has 0 aliphatic rings. The van der Waals surface area contributed by atoms with Gasteiger partial charge in [-0.15, -0.1) is 0 Å². The molecule has 0 radical (unpaired) electrons. The molecule has 0 fully saturated rings. The Kier molecular flexibility index (Phi) is 4.37. The number of nitrogens with one attached hydrogen (secondary N) is 1. The Bertz CT molecular complexity index is 439. The van der Waals surface area contributed by atoms with Gasteiger partial charge >= 0.3 is 0 Å². The zero-order chi connectivity index (χ0) is 14.8. The fraction of sp³-hybridized carbons (Fsp3) is 0.692. The van der Waals surface area contributed by atoms with Crippen LogP contribution in [-0.2, 0) is 5.41 Å². The average molecular weight is 267 g/mol. The SMILES string of the molecule is CN(c1cc(NN)nc(C(C)(C)C)n1)C(C)(C)CO. The van der Waals surface area contributed by atoms with Crippen LogP contribution in [0.2, 0.25) is 0 Å². The van der Waals surface area contributed by atoms with Crippen LogP contribution >= 0.6 is 0 Å². The molecule has 0 spiro atoms. The molecular weight excluding hydrogens is 242 g/mol. The minimum absolute atomic E-state index is 0.0315. The van der Waals surface area contributed by atoms with E-state index in [0.29, 0.717) is 11.6 Å². The number of nitrogens with two attached hydrogens (primary N) is 1. The Labute approximate surface area is 115 Å². The first-order chi connectivity index (χ1) is 8.61. The van der Waals surface area contributed by atoms with Gasteiger partial charge in [0.2, 0.25) is 0 Å². The Morgan fingerprint density at radius 1 is 1.26 bits per heavy atom. The van der Waals surface area contributed by atoms with Crippen molar-refractivity contribution in [3.8, 4) is 0 Å². The van der Waals surface area contributed by atoms with Gasteiger partial charge in [0.15, 0.2) is 0 Å². The highest BCUT2D eigenvalue weighted by atomic mass is 16.3. The quantitative estimate of drug-likeness (QED) is 0.562.